The summed E-state index contributed by atoms with van der Waals surface area (Å²) in [6.45, 7) is 3.37. The highest BCUT2D eigenvalue weighted by molar-refractivity contribution is 5.75. The van der Waals surface area contributed by atoms with Crippen LogP contribution in [0.2, 0.25) is 0 Å². The van der Waals surface area contributed by atoms with Gasteiger partial charge in [0.1, 0.15) is 5.60 Å². The van der Waals surface area contributed by atoms with Gasteiger partial charge in [0, 0.05) is 39.0 Å². The molecule has 2 amide bonds. The van der Waals surface area contributed by atoms with Crippen molar-refractivity contribution in [3.05, 3.63) is 30.1 Å². The standard InChI is InChI=1S/C16H23N3O3/c1-18(2)15(20)19-11-16(12-19)14(5-8-22-16)10-21-9-13-3-6-17-7-4-13/h3-4,6-7,14H,5,8-12H2,1-2H3/t14-/m1/s1. The molecule has 120 valence electrons. The van der Waals surface area contributed by atoms with E-state index in [0.717, 1.165) is 18.6 Å². The summed E-state index contributed by atoms with van der Waals surface area (Å²) in [7, 11) is 3.55. The van der Waals surface area contributed by atoms with Gasteiger partial charge in [0.05, 0.1) is 26.3 Å². The summed E-state index contributed by atoms with van der Waals surface area (Å²) in [6.07, 6.45) is 4.55. The third-order valence-electron chi connectivity index (χ3n) is 4.51. The van der Waals surface area contributed by atoms with Crippen molar-refractivity contribution in [1.82, 2.24) is 14.8 Å². The Labute approximate surface area is 131 Å². The van der Waals surface area contributed by atoms with Crippen LogP contribution in [0.15, 0.2) is 24.5 Å². The first kappa shape index (κ1) is 15.2. The molecule has 0 aromatic carbocycles. The Balaban J connectivity index is 1.49. The lowest BCUT2D eigenvalue weighted by Crippen LogP contribution is -2.67. The van der Waals surface area contributed by atoms with Gasteiger partial charge in [-0.05, 0) is 24.1 Å². The second kappa shape index (κ2) is 6.22. The minimum atomic E-state index is -0.191. The van der Waals surface area contributed by atoms with Crippen LogP contribution in [0.25, 0.3) is 0 Å². The minimum absolute atomic E-state index is 0.0533. The van der Waals surface area contributed by atoms with E-state index >= 15 is 0 Å². The number of carbonyl (C=O) groups excluding carboxylic acids is 1. The summed E-state index contributed by atoms with van der Waals surface area (Å²) >= 11 is 0. The molecule has 1 atom stereocenters. The number of pyridine rings is 1. The second-order valence-electron chi connectivity index (χ2n) is 6.30. The van der Waals surface area contributed by atoms with E-state index in [-0.39, 0.29) is 11.6 Å². The fraction of sp³-hybridized carbons (Fsp3) is 0.625. The molecule has 6 heteroatoms. The molecule has 22 heavy (non-hydrogen) atoms. The maximum atomic E-state index is 11.9. The summed E-state index contributed by atoms with van der Waals surface area (Å²) in [6, 6.07) is 3.97. The Morgan fingerprint density at radius 3 is 2.86 bits per heavy atom. The molecule has 0 saturated carbocycles. The summed E-state index contributed by atoms with van der Waals surface area (Å²) in [5.41, 5.74) is 0.935. The zero-order valence-corrected chi connectivity index (χ0v) is 13.2. The van der Waals surface area contributed by atoms with Crippen LogP contribution in [0.3, 0.4) is 0 Å². The van der Waals surface area contributed by atoms with Crippen LogP contribution in [-0.4, -0.2) is 66.8 Å². The fourth-order valence-corrected chi connectivity index (χ4v) is 3.19. The Morgan fingerprint density at radius 2 is 2.18 bits per heavy atom. The molecule has 0 radical (unpaired) electrons. The van der Waals surface area contributed by atoms with Gasteiger partial charge >= 0.3 is 6.03 Å². The quantitative estimate of drug-likeness (QED) is 0.843. The second-order valence-corrected chi connectivity index (χ2v) is 6.30. The van der Waals surface area contributed by atoms with Gasteiger partial charge in [-0.2, -0.15) is 0 Å². The molecule has 0 aliphatic carbocycles. The Morgan fingerprint density at radius 1 is 1.45 bits per heavy atom. The summed E-state index contributed by atoms with van der Waals surface area (Å²) in [4.78, 5) is 19.4. The zero-order valence-electron chi connectivity index (χ0n) is 13.2. The van der Waals surface area contributed by atoms with Crippen molar-refractivity contribution in [1.29, 1.82) is 0 Å². The van der Waals surface area contributed by atoms with Crippen molar-refractivity contribution >= 4 is 6.03 Å². The third-order valence-corrected chi connectivity index (χ3v) is 4.51. The lowest BCUT2D eigenvalue weighted by atomic mass is 9.81. The number of amides is 2. The molecule has 2 fully saturated rings. The van der Waals surface area contributed by atoms with Gasteiger partial charge in [-0.1, -0.05) is 0 Å². The molecule has 1 aromatic heterocycles. The van der Waals surface area contributed by atoms with Crippen LogP contribution in [0.4, 0.5) is 4.79 Å². The van der Waals surface area contributed by atoms with Gasteiger partial charge in [-0.25, -0.2) is 4.79 Å². The van der Waals surface area contributed by atoms with Crippen LogP contribution in [0.5, 0.6) is 0 Å². The molecular formula is C16H23N3O3. The highest BCUT2D eigenvalue weighted by Gasteiger charge is 2.54. The van der Waals surface area contributed by atoms with Gasteiger partial charge in [0.2, 0.25) is 0 Å². The van der Waals surface area contributed by atoms with Crippen molar-refractivity contribution in [2.45, 2.75) is 18.6 Å². The minimum Gasteiger partial charge on any atom is -0.376 e. The molecule has 0 N–H and O–H groups in total. The summed E-state index contributed by atoms with van der Waals surface area (Å²) < 4.78 is 11.8. The molecule has 6 nitrogen and oxygen atoms in total. The maximum Gasteiger partial charge on any atom is 0.319 e. The van der Waals surface area contributed by atoms with Crippen molar-refractivity contribution in [2.24, 2.45) is 5.92 Å². The SMILES string of the molecule is CN(C)C(=O)N1CC2(C1)OCC[C@@H]2COCc1ccncc1. The Kier molecular flexibility index (Phi) is 4.31. The molecule has 3 rings (SSSR count). The number of likely N-dealkylation sites (tertiary alicyclic amines) is 1. The fourth-order valence-electron chi connectivity index (χ4n) is 3.19. The summed E-state index contributed by atoms with van der Waals surface area (Å²) in [5.74, 6) is 0.362. The van der Waals surface area contributed by atoms with Crippen LogP contribution >= 0.6 is 0 Å². The van der Waals surface area contributed by atoms with Crippen LogP contribution in [-0.2, 0) is 16.1 Å². The Bertz CT molecular complexity index is 515. The van der Waals surface area contributed by atoms with Gasteiger partial charge < -0.3 is 19.3 Å². The number of nitrogens with zero attached hydrogens (tertiary/aromatic N) is 3. The smallest absolute Gasteiger partial charge is 0.319 e. The normalized spacial score (nSPS) is 22.6. The molecule has 2 saturated heterocycles. The van der Waals surface area contributed by atoms with E-state index in [1.807, 2.05) is 17.0 Å². The third kappa shape index (κ3) is 2.94. The monoisotopic (exact) mass is 305 g/mol. The first-order valence-electron chi connectivity index (χ1n) is 7.67. The lowest BCUT2D eigenvalue weighted by Gasteiger charge is -2.50. The van der Waals surface area contributed by atoms with Gasteiger partial charge in [0.25, 0.3) is 0 Å². The predicted molar refractivity (Wildman–Crippen MR) is 81.3 cm³/mol. The van der Waals surface area contributed by atoms with E-state index in [1.54, 1.807) is 31.4 Å². The van der Waals surface area contributed by atoms with Crippen molar-refractivity contribution in [2.75, 3.05) is 40.4 Å². The number of aromatic nitrogens is 1. The highest BCUT2D eigenvalue weighted by atomic mass is 16.5. The number of urea groups is 1. The van der Waals surface area contributed by atoms with E-state index in [9.17, 15) is 4.79 Å². The van der Waals surface area contributed by atoms with Crippen LogP contribution in [0, 0.1) is 5.92 Å². The highest BCUT2D eigenvalue weighted by Crippen LogP contribution is 2.40. The largest absolute Gasteiger partial charge is 0.376 e. The van der Waals surface area contributed by atoms with Crippen molar-refractivity contribution in [3.63, 3.8) is 0 Å². The average molecular weight is 305 g/mol. The number of hydrogen-bond donors (Lipinski definition) is 0. The van der Waals surface area contributed by atoms with E-state index in [0.29, 0.717) is 32.2 Å². The van der Waals surface area contributed by atoms with Gasteiger partial charge in [-0.3, -0.25) is 4.98 Å². The first-order chi connectivity index (χ1) is 10.6. The van der Waals surface area contributed by atoms with E-state index < -0.39 is 0 Å². The number of ether oxygens (including phenoxy) is 2. The van der Waals surface area contributed by atoms with E-state index in [2.05, 4.69) is 4.98 Å². The molecule has 2 aliphatic rings. The molecule has 1 spiro atoms. The molecule has 0 unspecified atom stereocenters. The van der Waals surface area contributed by atoms with Crippen molar-refractivity contribution in [3.8, 4) is 0 Å². The predicted octanol–water partition coefficient (Wildman–Crippen LogP) is 1.37. The Hall–Kier alpha value is -1.66. The molecule has 0 bridgehead atoms. The van der Waals surface area contributed by atoms with Crippen LogP contribution < -0.4 is 0 Å². The maximum absolute atomic E-state index is 11.9. The topological polar surface area (TPSA) is 54.9 Å². The zero-order chi connectivity index (χ0) is 15.6. The molecule has 2 aliphatic heterocycles. The number of carbonyl (C=O) groups is 1. The molecule has 1 aromatic rings. The van der Waals surface area contributed by atoms with Gasteiger partial charge in [-0.15, -0.1) is 0 Å². The molecule has 3 heterocycles. The van der Waals surface area contributed by atoms with E-state index in [4.69, 9.17) is 9.47 Å². The average Bonchev–Trinajstić information content (AvgIpc) is 2.90. The number of rotatable bonds is 4. The number of hydrogen-bond acceptors (Lipinski definition) is 4. The summed E-state index contributed by atoms with van der Waals surface area (Å²) in [5, 5.41) is 0. The van der Waals surface area contributed by atoms with Gasteiger partial charge in [0.15, 0.2) is 0 Å². The van der Waals surface area contributed by atoms with Crippen LogP contribution in [0.1, 0.15) is 12.0 Å². The lowest BCUT2D eigenvalue weighted by molar-refractivity contribution is -0.129. The van der Waals surface area contributed by atoms with Crippen molar-refractivity contribution < 1.29 is 14.3 Å². The van der Waals surface area contributed by atoms with E-state index in [1.165, 1.54) is 0 Å². The first-order valence-corrected chi connectivity index (χ1v) is 7.67. The molecular weight excluding hydrogens is 282 g/mol.